The van der Waals surface area contributed by atoms with E-state index in [0.29, 0.717) is 0 Å². The summed E-state index contributed by atoms with van der Waals surface area (Å²) in [6.45, 7) is 1.81. The Balaban J connectivity index is 0.000000810. The van der Waals surface area contributed by atoms with Crippen molar-refractivity contribution in [1.82, 2.24) is 10.4 Å². The van der Waals surface area contributed by atoms with E-state index in [2.05, 4.69) is 5.43 Å². The van der Waals surface area contributed by atoms with Gasteiger partial charge in [-0.1, -0.05) is 6.42 Å². The number of rotatable bonds is 1. The van der Waals surface area contributed by atoms with Gasteiger partial charge in [0.15, 0.2) is 0 Å². The molecule has 1 aliphatic heterocycles. The molecule has 0 aromatic heterocycles. The summed E-state index contributed by atoms with van der Waals surface area (Å²) in [6.07, 6.45) is 4.40. The quantitative estimate of drug-likeness (QED) is 0.575. The molecule has 1 amide bonds. The van der Waals surface area contributed by atoms with Gasteiger partial charge in [0.1, 0.15) is 0 Å². The maximum absolute atomic E-state index is 10.2. The zero-order valence-electron chi connectivity index (χ0n) is 5.88. The smallest absolute Gasteiger partial charge is 0.223 e. The summed E-state index contributed by atoms with van der Waals surface area (Å²) in [4.78, 5) is 10.2. The third-order valence-electron chi connectivity index (χ3n) is 1.52. The van der Waals surface area contributed by atoms with Gasteiger partial charge in [0.05, 0.1) is 0 Å². The van der Waals surface area contributed by atoms with E-state index in [1.165, 1.54) is 12.8 Å². The van der Waals surface area contributed by atoms with E-state index in [-0.39, 0.29) is 12.4 Å². The molecule has 60 valence electrons. The second-order valence-corrected chi connectivity index (χ2v) is 2.27. The summed E-state index contributed by atoms with van der Waals surface area (Å²) in [5.74, 6) is 0. The molecular formula is C6H13ClN2O. The van der Waals surface area contributed by atoms with E-state index < -0.39 is 0 Å². The Morgan fingerprint density at radius 3 is 2.80 bits per heavy atom. The molecule has 1 fully saturated rings. The summed E-state index contributed by atoms with van der Waals surface area (Å²) < 4.78 is 0. The number of hydrogen-bond donors (Lipinski definition) is 1. The molecule has 0 aromatic carbocycles. The molecule has 4 heteroatoms. The van der Waals surface area contributed by atoms with Crippen molar-refractivity contribution in [2.45, 2.75) is 19.3 Å². The first-order chi connectivity index (χ1) is 4.43. The van der Waals surface area contributed by atoms with Gasteiger partial charge < -0.3 is 0 Å². The zero-order chi connectivity index (χ0) is 6.53. The fraction of sp³-hybridized carbons (Fsp3) is 0.833. The SMILES string of the molecule is Cl.O=CN1CCCCCN1. The molecular weight excluding hydrogens is 152 g/mol. The lowest BCUT2D eigenvalue weighted by Gasteiger charge is -2.13. The van der Waals surface area contributed by atoms with Crippen LogP contribution in [0.4, 0.5) is 0 Å². The maximum Gasteiger partial charge on any atom is 0.223 e. The highest BCUT2D eigenvalue weighted by molar-refractivity contribution is 5.85. The van der Waals surface area contributed by atoms with E-state index in [9.17, 15) is 4.79 Å². The van der Waals surface area contributed by atoms with Crippen molar-refractivity contribution in [1.29, 1.82) is 0 Å². The lowest BCUT2D eigenvalue weighted by atomic mass is 10.2. The van der Waals surface area contributed by atoms with Crippen LogP contribution in [0.15, 0.2) is 0 Å². The molecule has 0 aromatic rings. The maximum atomic E-state index is 10.2. The first-order valence-corrected chi connectivity index (χ1v) is 3.39. The standard InChI is InChI=1S/C6H12N2O.ClH/c9-6-8-5-3-1-2-4-7-8;/h6-7H,1-5H2;1H. The lowest BCUT2D eigenvalue weighted by Crippen LogP contribution is -2.36. The summed E-state index contributed by atoms with van der Waals surface area (Å²) in [5, 5.41) is 1.62. The Morgan fingerprint density at radius 2 is 2.10 bits per heavy atom. The van der Waals surface area contributed by atoms with Gasteiger partial charge in [-0.3, -0.25) is 9.80 Å². The largest absolute Gasteiger partial charge is 0.281 e. The van der Waals surface area contributed by atoms with Crippen molar-refractivity contribution in [3.8, 4) is 0 Å². The Morgan fingerprint density at radius 1 is 1.30 bits per heavy atom. The van der Waals surface area contributed by atoms with Crippen LogP contribution in [0.25, 0.3) is 0 Å². The average Bonchev–Trinajstić information content (AvgIpc) is 2.13. The summed E-state index contributed by atoms with van der Waals surface area (Å²) in [6, 6.07) is 0. The first kappa shape index (κ1) is 9.72. The van der Waals surface area contributed by atoms with E-state index in [1.54, 1.807) is 5.01 Å². The molecule has 1 heterocycles. The second-order valence-electron chi connectivity index (χ2n) is 2.27. The fourth-order valence-corrected chi connectivity index (χ4v) is 0.976. The molecule has 1 N–H and O–H groups in total. The molecule has 3 nitrogen and oxygen atoms in total. The molecule has 1 saturated heterocycles. The Hall–Kier alpha value is -0.280. The molecule has 0 atom stereocenters. The molecule has 0 saturated carbocycles. The highest BCUT2D eigenvalue weighted by Crippen LogP contribution is 1.99. The van der Waals surface area contributed by atoms with Gasteiger partial charge in [-0.25, -0.2) is 5.43 Å². The number of carbonyl (C=O) groups is 1. The molecule has 1 rings (SSSR count). The number of nitrogens with one attached hydrogen (secondary N) is 1. The van der Waals surface area contributed by atoms with Gasteiger partial charge in [-0.2, -0.15) is 0 Å². The van der Waals surface area contributed by atoms with Gasteiger partial charge in [0.25, 0.3) is 0 Å². The van der Waals surface area contributed by atoms with Crippen molar-refractivity contribution in [2.75, 3.05) is 13.1 Å². The molecule has 10 heavy (non-hydrogen) atoms. The van der Waals surface area contributed by atoms with Crippen molar-refractivity contribution in [2.24, 2.45) is 0 Å². The topological polar surface area (TPSA) is 32.3 Å². The van der Waals surface area contributed by atoms with Crippen molar-refractivity contribution in [3.63, 3.8) is 0 Å². The molecule has 0 bridgehead atoms. The highest BCUT2D eigenvalue weighted by atomic mass is 35.5. The van der Waals surface area contributed by atoms with Crippen LogP contribution in [0.3, 0.4) is 0 Å². The van der Waals surface area contributed by atoms with Crippen LogP contribution in [0.5, 0.6) is 0 Å². The highest BCUT2D eigenvalue weighted by Gasteiger charge is 2.03. The minimum Gasteiger partial charge on any atom is -0.281 e. The summed E-state index contributed by atoms with van der Waals surface area (Å²) in [5.41, 5.74) is 3.00. The third-order valence-corrected chi connectivity index (χ3v) is 1.52. The van der Waals surface area contributed by atoms with Crippen LogP contribution in [0.2, 0.25) is 0 Å². The number of amides is 1. The fourth-order valence-electron chi connectivity index (χ4n) is 0.976. The third kappa shape index (κ3) is 3.03. The van der Waals surface area contributed by atoms with Crippen molar-refractivity contribution < 1.29 is 4.79 Å². The van der Waals surface area contributed by atoms with Gasteiger partial charge in [0, 0.05) is 13.1 Å². The number of hydrogen-bond acceptors (Lipinski definition) is 2. The molecule has 0 radical (unpaired) electrons. The Bertz CT molecular complexity index is 91.7. The lowest BCUT2D eigenvalue weighted by molar-refractivity contribution is -0.120. The predicted molar refractivity (Wildman–Crippen MR) is 41.9 cm³/mol. The van der Waals surface area contributed by atoms with Crippen LogP contribution in [0, 0.1) is 0 Å². The Labute approximate surface area is 67.2 Å². The van der Waals surface area contributed by atoms with Crippen molar-refractivity contribution in [3.05, 3.63) is 0 Å². The number of carbonyl (C=O) groups excluding carboxylic acids is 1. The normalized spacial score (nSPS) is 19.0. The van der Waals surface area contributed by atoms with Gasteiger partial charge in [-0.15, -0.1) is 12.4 Å². The summed E-state index contributed by atoms with van der Waals surface area (Å²) in [7, 11) is 0. The minimum absolute atomic E-state index is 0. The van der Waals surface area contributed by atoms with Crippen LogP contribution < -0.4 is 5.43 Å². The van der Waals surface area contributed by atoms with Gasteiger partial charge in [0.2, 0.25) is 6.41 Å². The average molecular weight is 165 g/mol. The van der Waals surface area contributed by atoms with E-state index in [0.717, 1.165) is 25.9 Å². The number of halogens is 1. The van der Waals surface area contributed by atoms with Gasteiger partial charge in [-0.05, 0) is 12.8 Å². The van der Waals surface area contributed by atoms with E-state index >= 15 is 0 Å². The summed E-state index contributed by atoms with van der Waals surface area (Å²) >= 11 is 0. The van der Waals surface area contributed by atoms with Crippen LogP contribution in [-0.4, -0.2) is 24.5 Å². The van der Waals surface area contributed by atoms with E-state index in [1.807, 2.05) is 0 Å². The molecule has 0 spiro atoms. The number of nitrogens with zero attached hydrogens (tertiary/aromatic N) is 1. The monoisotopic (exact) mass is 164 g/mol. The molecule has 1 aliphatic rings. The Kier molecular flexibility index (Phi) is 5.35. The molecule has 0 unspecified atom stereocenters. The van der Waals surface area contributed by atoms with Crippen LogP contribution in [-0.2, 0) is 4.79 Å². The van der Waals surface area contributed by atoms with E-state index in [4.69, 9.17) is 0 Å². The predicted octanol–water partition coefficient (Wildman–Crippen LogP) is 0.555. The van der Waals surface area contributed by atoms with Crippen LogP contribution in [0.1, 0.15) is 19.3 Å². The van der Waals surface area contributed by atoms with Gasteiger partial charge >= 0.3 is 0 Å². The second kappa shape index (κ2) is 5.50. The van der Waals surface area contributed by atoms with Crippen molar-refractivity contribution >= 4 is 18.8 Å². The first-order valence-electron chi connectivity index (χ1n) is 3.39. The molecule has 0 aliphatic carbocycles. The zero-order valence-corrected chi connectivity index (χ0v) is 6.69. The number of hydrazine groups is 1. The minimum atomic E-state index is 0. The van der Waals surface area contributed by atoms with Crippen LogP contribution >= 0.6 is 12.4 Å².